The Morgan fingerprint density at radius 2 is 2.25 bits per heavy atom. The number of carbonyl (C=O) groups is 1. The fourth-order valence-electron chi connectivity index (χ4n) is 2.08. The second-order valence-corrected chi connectivity index (χ2v) is 5.02. The van der Waals surface area contributed by atoms with Crippen molar-refractivity contribution in [2.24, 2.45) is 5.92 Å². The Morgan fingerprint density at radius 1 is 1.45 bits per heavy atom. The molecule has 20 heavy (non-hydrogen) atoms. The first-order valence-electron chi connectivity index (χ1n) is 6.88. The zero-order valence-corrected chi connectivity index (χ0v) is 11.3. The molecule has 0 radical (unpaired) electrons. The lowest BCUT2D eigenvalue weighted by Crippen LogP contribution is -2.20. The molecule has 4 heteroatoms. The van der Waals surface area contributed by atoms with Gasteiger partial charge in [-0.25, -0.2) is 4.39 Å². The number of rotatable bonds is 4. The number of halogens is 1. The molecule has 0 saturated heterocycles. The minimum Gasteiger partial charge on any atom is -0.395 e. The van der Waals surface area contributed by atoms with E-state index in [4.69, 9.17) is 5.11 Å². The number of aliphatic hydroxyl groups excluding tert-OH is 1. The monoisotopic (exact) mass is 275 g/mol. The first kappa shape index (κ1) is 14.5. The van der Waals surface area contributed by atoms with Gasteiger partial charge in [-0.2, -0.15) is 0 Å². The van der Waals surface area contributed by atoms with Crippen LogP contribution in [0.2, 0.25) is 0 Å². The van der Waals surface area contributed by atoms with E-state index in [1.54, 1.807) is 0 Å². The second-order valence-electron chi connectivity index (χ2n) is 5.02. The van der Waals surface area contributed by atoms with E-state index >= 15 is 0 Å². The molecule has 1 aromatic carbocycles. The Hall–Kier alpha value is -1.86. The van der Waals surface area contributed by atoms with Gasteiger partial charge in [0.2, 0.25) is 5.91 Å². The minimum absolute atomic E-state index is 0.0319. The molecular formula is C16H18FNO2. The van der Waals surface area contributed by atoms with E-state index in [9.17, 15) is 9.18 Å². The van der Waals surface area contributed by atoms with Gasteiger partial charge in [0.1, 0.15) is 5.82 Å². The van der Waals surface area contributed by atoms with Crippen LogP contribution >= 0.6 is 0 Å². The third kappa shape index (κ3) is 4.07. The highest BCUT2D eigenvalue weighted by molar-refractivity contribution is 5.91. The maximum Gasteiger partial charge on any atom is 0.224 e. The molecule has 0 spiro atoms. The molecule has 0 bridgehead atoms. The summed E-state index contributed by atoms with van der Waals surface area (Å²) in [6.07, 6.45) is 4.28. The summed E-state index contributed by atoms with van der Waals surface area (Å²) in [5.41, 5.74) is 0.795. The van der Waals surface area contributed by atoms with Crippen molar-refractivity contribution in [3.05, 3.63) is 29.6 Å². The molecule has 2 rings (SSSR count). The van der Waals surface area contributed by atoms with Crippen LogP contribution in [0.3, 0.4) is 0 Å². The van der Waals surface area contributed by atoms with E-state index in [0.717, 1.165) is 12.8 Å². The maximum absolute atomic E-state index is 13.5. The van der Waals surface area contributed by atoms with E-state index < -0.39 is 5.82 Å². The van der Waals surface area contributed by atoms with Crippen LogP contribution in [0.5, 0.6) is 0 Å². The summed E-state index contributed by atoms with van der Waals surface area (Å²) in [7, 11) is 0. The lowest BCUT2D eigenvalue weighted by atomic mass is 9.83. The van der Waals surface area contributed by atoms with Gasteiger partial charge in [0.15, 0.2) is 0 Å². The van der Waals surface area contributed by atoms with Crippen LogP contribution in [-0.2, 0) is 4.79 Å². The van der Waals surface area contributed by atoms with Gasteiger partial charge in [-0.05, 0) is 37.0 Å². The summed E-state index contributed by atoms with van der Waals surface area (Å²) in [5.74, 6) is 5.37. The van der Waals surface area contributed by atoms with Gasteiger partial charge in [-0.1, -0.05) is 18.3 Å². The van der Waals surface area contributed by atoms with Crippen LogP contribution in [0.15, 0.2) is 18.2 Å². The zero-order chi connectivity index (χ0) is 14.4. The Kier molecular flexibility index (Phi) is 5.14. The first-order chi connectivity index (χ1) is 9.69. The Balaban J connectivity index is 1.99. The molecule has 3 nitrogen and oxygen atoms in total. The molecule has 106 valence electrons. The van der Waals surface area contributed by atoms with Gasteiger partial charge >= 0.3 is 0 Å². The normalized spacial score (nSPS) is 14.1. The summed E-state index contributed by atoms with van der Waals surface area (Å²) < 4.78 is 13.5. The number of carbonyl (C=O) groups excluding carboxylic acids is 1. The van der Waals surface area contributed by atoms with Crippen molar-refractivity contribution in [1.82, 2.24) is 0 Å². The van der Waals surface area contributed by atoms with Gasteiger partial charge in [-0.15, -0.1) is 0 Å². The fourth-order valence-corrected chi connectivity index (χ4v) is 2.08. The molecular weight excluding hydrogens is 257 g/mol. The molecule has 0 aliphatic heterocycles. The molecule has 1 amide bonds. The summed E-state index contributed by atoms with van der Waals surface area (Å²) in [5, 5.41) is 11.4. The number of benzene rings is 1. The molecule has 1 saturated carbocycles. The van der Waals surface area contributed by atoms with E-state index in [1.807, 2.05) is 0 Å². The lowest BCUT2D eigenvalue weighted by molar-refractivity contribution is -0.117. The van der Waals surface area contributed by atoms with Crippen LogP contribution in [0.4, 0.5) is 10.1 Å². The molecule has 0 atom stereocenters. The van der Waals surface area contributed by atoms with Crippen molar-refractivity contribution >= 4 is 11.6 Å². The summed E-state index contributed by atoms with van der Waals surface area (Å²) in [6, 6.07) is 4.35. The molecule has 1 aromatic rings. The molecule has 0 heterocycles. The first-order valence-corrected chi connectivity index (χ1v) is 6.88. The van der Waals surface area contributed by atoms with E-state index in [2.05, 4.69) is 17.2 Å². The zero-order valence-electron chi connectivity index (χ0n) is 11.3. The van der Waals surface area contributed by atoms with E-state index in [1.165, 1.54) is 24.6 Å². The number of aliphatic hydroxyl groups is 1. The Bertz CT molecular complexity index is 541. The SMILES string of the molecule is O=C(CC1CCC1)Nc1ccc(F)c(C#CCCO)c1. The maximum atomic E-state index is 13.5. The second kappa shape index (κ2) is 7.06. The van der Waals surface area contributed by atoms with Gasteiger partial charge in [-0.3, -0.25) is 4.79 Å². The highest BCUT2D eigenvalue weighted by Crippen LogP contribution is 2.29. The molecule has 0 unspecified atom stereocenters. The number of hydrogen-bond acceptors (Lipinski definition) is 2. The van der Waals surface area contributed by atoms with Crippen molar-refractivity contribution in [3.8, 4) is 11.8 Å². The summed E-state index contributed by atoms with van der Waals surface area (Å²) >= 11 is 0. The highest BCUT2D eigenvalue weighted by Gasteiger charge is 2.20. The predicted octanol–water partition coefficient (Wildman–Crippen LogP) is 2.69. The van der Waals surface area contributed by atoms with Crippen LogP contribution in [0, 0.1) is 23.6 Å². The molecule has 1 aliphatic carbocycles. The van der Waals surface area contributed by atoms with Crippen LogP contribution in [0.1, 0.15) is 37.7 Å². The quantitative estimate of drug-likeness (QED) is 0.830. The Labute approximate surface area is 118 Å². The third-order valence-electron chi connectivity index (χ3n) is 3.41. The fraction of sp³-hybridized carbons (Fsp3) is 0.438. The van der Waals surface area contributed by atoms with Crippen LogP contribution in [0.25, 0.3) is 0 Å². The topological polar surface area (TPSA) is 49.3 Å². The van der Waals surface area contributed by atoms with Crippen LogP contribution < -0.4 is 5.32 Å². The van der Waals surface area contributed by atoms with E-state index in [0.29, 0.717) is 24.4 Å². The standard InChI is InChI=1S/C16H18FNO2/c17-15-8-7-14(11-13(15)6-1-2-9-19)18-16(20)10-12-4-3-5-12/h7-8,11-12,19H,2-5,9-10H2,(H,18,20). The third-order valence-corrected chi connectivity index (χ3v) is 3.41. The van der Waals surface area contributed by atoms with Crippen LogP contribution in [-0.4, -0.2) is 17.6 Å². The minimum atomic E-state index is -0.424. The average Bonchev–Trinajstić information content (AvgIpc) is 2.38. The number of nitrogens with one attached hydrogen (secondary N) is 1. The molecule has 0 aromatic heterocycles. The molecule has 2 N–H and O–H groups in total. The van der Waals surface area contributed by atoms with Crippen molar-refractivity contribution in [3.63, 3.8) is 0 Å². The predicted molar refractivity (Wildman–Crippen MR) is 75.6 cm³/mol. The van der Waals surface area contributed by atoms with E-state index in [-0.39, 0.29) is 18.1 Å². The Morgan fingerprint density at radius 3 is 2.90 bits per heavy atom. The largest absolute Gasteiger partial charge is 0.395 e. The summed E-state index contributed by atoms with van der Waals surface area (Å²) in [4.78, 5) is 11.8. The number of hydrogen-bond donors (Lipinski definition) is 2. The number of anilines is 1. The molecule has 1 fully saturated rings. The van der Waals surface area contributed by atoms with Gasteiger partial charge in [0.05, 0.1) is 12.2 Å². The summed E-state index contributed by atoms with van der Waals surface area (Å²) in [6.45, 7) is -0.0492. The smallest absolute Gasteiger partial charge is 0.224 e. The number of amides is 1. The lowest BCUT2D eigenvalue weighted by Gasteiger charge is -2.24. The van der Waals surface area contributed by atoms with Crippen molar-refractivity contribution in [2.75, 3.05) is 11.9 Å². The van der Waals surface area contributed by atoms with Crippen molar-refractivity contribution in [1.29, 1.82) is 0 Å². The van der Waals surface area contributed by atoms with Crippen molar-refractivity contribution < 1.29 is 14.3 Å². The average molecular weight is 275 g/mol. The van der Waals surface area contributed by atoms with Gasteiger partial charge in [0.25, 0.3) is 0 Å². The van der Waals surface area contributed by atoms with Crippen molar-refractivity contribution in [2.45, 2.75) is 32.1 Å². The molecule has 1 aliphatic rings. The van der Waals surface area contributed by atoms with Gasteiger partial charge in [0, 0.05) is 18.5 Å². The highest BCUT2D eigenvalue weighted by atomic mass is 19.1. The van der Waals surface area contributed by atoms with Gasteiger partial charge < -0.3 is 10.4 Å².